The summed E-state index contributed by atoms with van der Waals surface area (Å²) in [6.07, 6.45) is 4.61. The predicted molar refractivity (Wildman–Crippen MR) is 182 cm³/mol. The highest BCUT2D eigenvalue weighted by molar-refractivity contribution is 6.01. The van der Waals surface area contributed by atoms with Crippen LogP contribution in [0.1, 0.15) is 90.3 Å². The summed E-state index contributed by atoms with van der Waals surface area (Å²) in [5, 5.41) is 3.03. The topological polar surface area (TPSA) is 143 Å². The number of hydrogen-bond donors (Lipinski definition) is 2. The van der Waals surface area contributed by atoms with Gasteiger partial charge in [-0.1, -0.05) is 37.6 Å². The van der Waals surface area contributed by atoms with Crippen molar-refractivity contribution >= 4 is 29.5 Å². The van der Waals surface area contributed by atoms with Crippen LogP contribution in [0.4, 0.5) is 16.4 Å². The van der Waals surface area contributed by atoms with Gasteiger partial charge in [-0.3, -0.25) is 24.3 Å². The SMILES string of the molecule is CCCCOc1nc(N)c2c(n1)N(Cc1ccc(CN3CCC(CCNC(=O)C(C)(C)N(C)C(=O)OC(C)(C)C)CC3)cc1)C(=O)C2. The molecular weight excluding hydrogens is 598 g/mol. The van der Waals surface area contributed by atoms with Gasteiger partial charge in [0, 0.05) is 25.7 Å². The molecule has 1 aromatic carbocycles. The summed E-state index contributed by atoms with van der Waals surface area (Å²) in [5.41, 5.74) is 7.40. The van der Waals surface area contributed by atoms with Gasteiger partial charge in [0.2, 0.25) is 11.8 Å². The molecule has 0 saturated carbocycles. The Kier molecular flexibility index (Phi) is 11.7. The van der Waals surface area contributed by atoms with E-state index in [9.17, 15) is 14.4 Å². The zero-order valence-corrected chi connectivity index (χ0v) is 29.2. The van der Waals surface area contributed by atoms with E-state index in [4.69, 9.17) is 15.2 Å². The van der Waals surface area contributed by atoms with Crippen molar-refractivity contribution in [2.24, 2.45) is 5.92 Å². The molecule has 12 heteroatoms. The van der Waals surface area contributed by atoms with Crippen molar-refractivity contribution in [1.29, 1.82) is 0 Å². The predicted octanol–water partition coefficient (Wildman–Crippen LogP) is 4.69. The van der Waals surface area contributed by atoms with Crippen LogP contribution in [0.25, 0.3) is 0 Å². The number of carbonyl (C=O) groups excluding carboxylic acids is 3. The van der Waals surface area contributed by atoms with Crippen LogP contribution >= 0.6 is 0 Å². The van der Waals surface area contributed by atoms with Crippen molar-refractivity contribution in [3.8, 4) is 6.01 Å². The van der Waals surface area contributed by atoms with E-state index in [-0.39, 0.29) is 24.2 Å². The number of nitrogen functional groups attached to an aromatic ring is 1. The first-order valence-electron chi connectivity index (χ1n) is 16.8. The van der Waals surface area contributed by atoms with E-state index < -0.39 is 17.2 Å². The number of carbonyl (C=O) groups is 3. The van der Waals surface area contributed by atoms with Crippen molar-refractivity contribution in [2.75, 3.05) is 43.9 Å². The van der Waals surface area contributed by atoms with Gasteiger partial charge in [0.05, 0.1) is 19.6 Å². The van der Waals surface area contributed by atoms with E-state index in [1.807, 2.05) is 0 Å². The van der Waals surface area contributed by atoms with Crippen molar-refractivity contribution in [2.45, 2.75) is 104 Å². The van der Waals surface area contributed by atoms with Gasteiger partial charge >= 0.3 is 12.1 Å². The molecule has 47 heavy (non-hydrogen) atoms. The molecule has 2 aliphatic heterocycles. The number of rotatable bonds is 13. The van der Waals surface area contributed by atoms with Gasteiger partial charge in [-0.25, -0.2) is 4.79 Å². The standard InChI is InChI=1S/C35H53N7O5/c1-8-9-20-46-32-38-29(36)27-21-28(43)42(30(27)39-32)23-26-12-10-25(11-13-26)22-41-18-15-24(16-19-41)14-17-37-31(44)35(5,6)40(7)33(45)47-34(2,3)4/h10-13,24H,8-9,14-23H2,1-7H3,(H,37,44)(H2,36,38,39). The first-order chi connectivity index (χ1) is 22.2. The number of unbranched alkanes of at least 4 members (excludes halogenated alkanes) is 1. The molecule has 3 heterocycles. The van der Waals surface area contributed by atoms with Crippen LogP contribution in [0.2, 0.25) is 0 Å². The second-order valence-corrected chi connectivity index (χ2v) is 14.2. The second-order valence-electron chi connectivity index (χ2n) is 14.2. The molecule has 0 unspecified atom stereocenters. The first kappa shape index (κ1) is 35.9. The summed E-state index contributed by atoms with van der Waals surface area (Å²) in [5.74, 6) is 1.14. The van der Waals surface area contributed by atoms with Crippen LogP contribution in [-0.4, -0.2) is 82.1 Å². The maximum absolute atomic E-state index is 12.9. The monoisotopic (exact) mass is 651 g/mol. The fourth-order valence-electron chi connectivity index (χ4n) is 5.70. The number of fused-ring (bicyclic) bond motifs is 1. The third kappa shape index (κ3) is 9.56. The minimum absolute atomic E-state index is 0.0462. The number of ether oxygens (including phenoxy) is 2. The van der Waals surface area contributed by atoms with Crippen LogP contribution in [0.15, 0.2) is 24.3 Å². The molecule has 4 rings (SSSR count). The Balaban J connectivity index is 1.21. The number of benzene rings is 1. The summed E-state index contributed by atoms with van der Waals surface area (Å²) in [6, 6.07) is 8.61. The van der Waals surface area contributed by atoms with Gasteiger partial charge in [0.15, 0.2) is 0 Å². The summed E-state index contributed by atoms with van der Waals surface area (Å²) >= 11 is 0. The smallest absolute Gasteiger partial charge is 0.410 e. The lowest BCUT2D eigenvalue weighted by Gasteiger charge is -2.36. The number of nitrogens with two attached hydrogens (primary N) is 1. The summed E-state index contributed by atoms with van der Waals surface area (Å²) < 4.78 is 11.1. The highest BCUT2D eigenvalue weighted by Gasteiger charge is 2.37. The zero-order valence-electron chi connectivity index (χ0n) is 29.2. The van der Waals surface area contributed by atoms with Crippen LogP contribution < -0.4 is 20.7 Å². The zero-order chi connectivity index (χ0) is 34.4. The van der Waals surface area contributed by atoms with Crippen molar-refractivity contribution < 1.29 is 23.9 Å². The molecule has 1 aromatic heterocycles. The van der Waals surface area contributed by atoms with E-state index >= 15 is 0 Å². The lowest BCUT2D eigenvalue weighted by atomic mass is 9.93. The third-order valence-electron chi connectivity index (χ3n) is 8.99. The molecule has 0 radical (unpaired) electrons. The Morgan fingerprint density at radius 3 is 2.30 bits per heavy atom. The Labute approximate surface area is 279 Å². The fourth-order valence-corrected chi connectivity index (χ4v) is 5.70. The molecule has 1 saturated heterocycles. The summed E-state index contributed by atoms with van der Waals surface area (Å²) in [4.78, 5) is 52.5. The largest absolute Gasteiger partial charge is 0.463 e. The van der Waals surface area contributed by atoms with Crippen molar-refractivity contribution in [1.82, 2.24) is 25.1 Å². The van der Waals surface area contributed by atoms with E-state index in [0.717, 1.165) is 57.3 Å². The van der Waals surface area contributed by atoms with Gasteiger partial charge in [0.1, 0.15) is 22.8 Å². The van der Waals surface area contributed by atoms with Gasteiger partial charge < -0.3 is 20.5 Å². The van der Waals surface area contributed by atoms with Crippen LogP contribution in [0, 0.1) is 5.92 Å². The quantitative estimate of drug-likeness (QED) is 0.295. The highest BCUT2D eigenvalue weighted by Crippen LogP contribution is 2.33. The Morgan fingerprint density at radius 2 is 1.68 bits per heavy atom. The highest BCUT2D eigenvalue weighted by atomic mass is 16.6. The van der Waals surface area contributed by atoms with Crippen LogP contribution in [-0.2, 0) is 33.8 Å². The number of amides is 3. The molecule has 1 fully saturated rings. The fraction of sp³-hybridized carbons (Fsp3) is 0.629. The molecule has 2 aliphatic rings. The third-order valence-corrected chi connectivity index (χ3v) is 8.99. The van der Waals surface area contributed by atoms with E-state index in [1.54, 1.807) is 46.6 Å². The molecule has 0 bridgehead atoms. The summed E-state index contributed by atoms with van der Waals surface area (Å²) in [7, 11) is 1.59. The lowest BCUT2D eigenvalue weighted by molar-refractivity contribution is -0.130. The Morgan fingerprint density at radius 1 is 1.04 bits per heavy atom. The van der Waals surface area contributed by atoms with Gasteiger partial charge in [-0.05, 0) is 90.4 Å². The number of likely N-dealkylation sites (tertiary alicyclic amines) is 1. The average molecular weight is 652 g/mol. The van der Waals surface area contributed by atoms with E-state index in [0.29, 0.717) is 42.8 Å². The number of anilines is 2. The molecular formula is C35H53N7O5. The number of aromatic nitrogens is 2. The van der Waals surface area contributed by atoms with Gasteiger partial charge in [-0.15, -0.1) is 0 Å². The van der Waals surface area contributed by atoms with Crippen LogP contribution in [0.3, 0.4) is 0 Å². The molecule has 0 atom stereocenters. The van der Waals surface area contributed by atoms with E-state index in [2.05, 4.69) is 51.4 Å². The normalized spacial score (nSPS) is 15.8. The van der Waals surface area contributed by atoms with Gasteiger partial charge in [-0.2, -0.15) is 9.97 Å². The molecule has 0 spiro atoms. The maximum atomic E-state index is 12.9. The lowest BCUT2D eigenvalue weighted by Crippen LogP contribution is -2.56. The molecule has 3 amide bonds. The van der Waals surface area contributed by atoms with Gasteiger partial charge in [0.25, 0.3) is 0 Å². The number of hydrogen-bond acceptors (Lipinski definition) is 9. The minimum atomic E-state index is -1.02. The van der Waals surface area contributed by atoms with E-state index in [1.165, 1.54) is 10.5 Å². The maximum Gasteiger partial charge on any atom is 0.410 e. The van der Waals surface area contributed by atoms with Crippen molar-refractivity contribution in [3.63, 3.8) is 0 Å². The van der Waals surface area contributed by atoms with Crippen molar-refractivity contribution in [3.05, 3.63) is 41.0 Å². The second kappa shape index (κ2) is 15.3. The molecule has 258 valence electrons. The number of nitrogens with zero attached hydrogens (tertiary/aromatic N) is 5. The molecule has 0 aliphatic carbocycles. The number of likely N-dealkylation sites (N-methyl/N-ethyl adjacent to an activating group) is 1. The number of nitrogens with one attached hydrogen (secondary N) is 1. The molecule has 12 nitrogen and oxygen atoms in total. The minimum Gasteiger partial charge on any atom is -0.463 e. The first-order valence-corrected chi connectivity index (χ1v) is 16.8. The Hall–Kier alpha value is -3.93. The number of piperidine rings is 1. The Bertz CT molecular complexity index is 1400. The van der Waals surface area contributed by atoms with Crippen LogP contribution in [0.5, 0.6) is 6.01 Å². The average Bonchev–Trinajstić information content (AvgIpc) is 3.32. The summed E-state index contributed by atoms with van der Waals surface area (Å²) in [6.45, 7) is 15.3. The molecule has 2 aromatic rings. The molecule has 3 N–H and O–H groups in total.